The maximum absolute atomic E-state index is 12.4. The van der Waals surface area contributed by atoms with Crippen molar-refractivity contribution < 1.29 is 14.3 Å². The Balaban J connectivity index is 1.49. The molecule has 0 saturated carbocycles. The Hall–Kier alpha value is -3.80. The first-order valence-corrected chi connectivity index (χ1v) is 10.6. The highest BCUT2D eigenvalue weighted by Gasteiger charge is 2.11. The second kappa shape index (κ2) is 11.6. The molecule has 0 aromatic heterocycles. The summed E-state index contributed by atoms with van der Waals surface area (Å²) in [6, 6.07) is 25.2. The SMILES string of the molecule is COc1ccc(NC(=O)CCNC(=O)N(C)Cc2ccccc2)cc1Cc1ccccc1. The normalized spacial score (nSPS) is 10.3. The average molecular weight is 432 g/mol. The molecule has 0 radical (unpaired) electrons. The number of urea groups is 1. The maximum atomic E-state index is 12.4. The van der Waals surface area contributed by atoms with E-state index in [9.17, 15) is 9.59 Å². The van der Waals surface area contributed by atoms with E-state index in [0.717, 1.165) is 22.4 Å². The van der Waals surface area contributed by atoms with Crippen molar-refractivity contribution in [3.63, 3.8) is 0 Å². The molecule has 0 spiro atoms. The molecule has 0 unspecified atom stereocenters. The highest BCUT2D eigenvalue weighted by molar-refractivity contribution is 5.91. The Bertz CT molecular complexity index is 1020. The van der Waals surface area contributed by atoms with Crippen LogP contribution in [0.15, 0.2) is 78.9 Å². The first-order chi connectivity index (χ1) is 15.5. The highest BCUT2D eigenvalue weighted by atomic mass is 16.5. The number of benzene rings is 3. The minimum Gasteiger partial charge on any atom is -0.496 e. The lowest BCUT2D eigenvalue weighted by Crippen LogP contribution is -2.38. The van der Waals surface area contributed by atoms with Crippen molar-refractivity contribution in [3.05, 3.63) is 95.6 Å². The van der Waals surface area contributed by atoms with Crippen LogP contribution in [0.4, 0.5) is 10.5 Å². The van der Waals surface area contributed by atoms with E-state index in [1.807, 2.05) is 66.7 Å². The fourth-order valence-corrected chi connectivity index (χ4v) is 3.38. The summed E-state index contributed by atoms with van der Waals surface area (Å²) >= 11 is 0. The van der Waals surface area contributed by atoms with Gasteiger partial charge in [0.1, 0.15) is 5.75 Å². The first kappa shape index (κ1) is 22.9. The molecule has 0 saturated heterocycles. The second-order valence-corrected chi connectivity index (χ2v) is 7.56. The van der Waals surface area contributed by atoms with Crippen molar-refractivity contribution in [2.45, 2.75) is 19.4 Å². The third-order valence-electron chi connectivity index (χ3n) is 5.04. The average Bonchev–Trinajstić information content (AvgIpc) is 2.80. The number of nitrogens with zero attached hydrogens (tertiary/aromatic N) is 1. The summed E-state index contributed by atoms with van der Waals surface area (Å²) in [5.41, 5.74) is 3.91. The molecule has 6 heteroatoms. The number of anilines is 1. The third-order valence-corrected chi connectivity index (χ3v) is 5.04. The van der Waals surface area contributed by atoms with E-state index in [-0.39, 0.29) is 24.9 Å². The van der Waals surface area contributed by atoms with Gasteiger partial charge < -0.3 is 20.3 Å². The quantitative estimate of drug-likeness (QED) is 0.526. The maximum Gasteiger partial charge on any atom is 0.317 e. The molecule has 0 bridgehead atoms. The molecule has 3 aromatic rings. The Morgan fingerprint density at radius 3 is 2.22 bits per heavy atom. The van der Waals surface area contributed by atoms with Gasteiger partial charge in [-0.1, -0.05) is 60.7 Å². The molecular weight excluding hydrogens is 402 g/mol. The molecule has 0 fully saturated rings. The smallest absolute Gasteiger partial charge is 0.317 e. The minimum absolute atomic E-state index is 0.160. The molecule has 0 aliphatic heterocycles. The summed E-state index contributed by atoms with van der Waals surface area (Å²) in [4.78, 5) is 26.2. The van der Waals surface area contributed by atoms with Crippen molar-refractivity contribution in [1.82, 2.24) is 10.2 Å². The van der Waals surface area contributed by atoms with E-state index in [2.05, 4.69) is 22.8 Å². The number of methoxy groups -OCH3 is 1. The van der Waals surface area contributed by atoms with Crippen molar-refractivity contribution in [2.24, 2.45) is 0 Å². The fraction of sp³-hybridized carbons (Fsp3) is 0.231. The van der Waals surface area contributed by atoms with E-state index >= 15 is 0 Å². The van der Waals surface area contributed by atoms with Crippen molar-refractivity contribution in [2.75, 3.05) is 26.0 Å². The molecule has 32 heavy (non-hydrogen) atoms. The van der Waals surface area contributed by atoms with Gasteiger partial charge in [0.15, 0.2) is 0 Å². The molecule has 6 nitrogen and oxygen atoms in total. The lowest BCUT2D eigenvalue weighted by atomic mass is 10.0. The standard InChI is InChI=1S/C26H29N3O3/c1-29(19-21-11-7-4-8-12-21)26(31)27-16-15-25(30)28-23-13-14-24(32-2)22(18-23)17-20-9-5-3-6-10-20/h3-14,18H,15-17,19H2,1-2H3,(H,27,31)(H,28,30). The van der Waals surface area contributed by atoms with Crippen LogP contribution < -0.4 is 15.4 Å². The van der Waals surface area contributed by atoms with Crippen LogP contribution in [-0.2, 0) is 17.8 Å². The lowest BCUT2D eigenvalue weighted by molar-refractivity contribution is -0.116. The first-order valence-electron chi connectivity index (χ1n) is 10.6. The zero-order chi connectivity index (χ0) is 22.8. The zero-order valence-electron chi connectivity index (χ0n) is 18.5. The zero-order valence-corrected chi connectivity index (χ0v) is 18.5. The van der Waals surface area contributed by atoms with E-state index in [0.29, 0.717) is 18.7 Å². The molecular formula is C26H29N3O3. The van der Waals surface area contributed by atoms with Crippen LogP contribution in [-0.4, -0.2) is 37.5 Å². The number of hydrogen-bond donors (Lipinski definition) is 2. The summed E-state index contributed by atoms with van der Waals surface area (Å²) in [6.07, 6.45) is 0.891. The highest BCUT2D eigenvalue weighted by Crippen LogP contribution is 2.25. The van der Waals surface area contributed by atoms with Crippen LogP contribution in [0, 0.1) is 0 Å². The summed E-state index contributed by atoms with van der Waals surface area (Å²) in [5, 5.41) is 5.69. The number of nitrogens with one attached hydrogen (secondary N) is 2. The van der Waals surface area contributed by atoms with Gasteiger partial charge in [0, 0.05) is 44.2 Å². The fourth-order valence-electron chi connectivity index (χ4n) is 3.38. The molecule has 0 aliphatic carbocycles. The third kappa shape index (κ3) is 6.87. The van der Waals surface area contributed by atoms with Crippen LogP contribution in [0.3, 0.4) is 0 Å². The molecule has 3 rings (SSSR count). The summed E-state index contributed by atoms with van der Waals surface area (Å²) in [7, 11) is 3.37. The second-order valence-electron chi connectivity index (χ2n) is 7.56. The van der Waals surface area contributed by atoms with Gasteiger partial charge in [0.05, 0.1) is 7.11 Å². The van der Waals surface area contributed by atoms with Gasteiger partial charge in [-0.25, -0.2) is 4.79 Å². The molecule has 0 aliphatic rings. The summed E-state index contributed by atoms with van der Waals surface area (Å²) < 4.78 is 5.47. The monoisotopic (exact) mass is 431 g/mol. The number of carbonyl (C=O) groups is 2. The number of ether oxygens (including phenoxy) is 1. The number of amides is 3. The molecule has 0 atom stereocenters. The van der Waals surface area contributed by atoms with E-state index in [4.69, 9.17) is 4.74 Å². The molecule has 0 heterocycles. The van der Waals surface area contributed by atoms with E-state index < -0.39 is 0 Å². The molecule has 2 N–H and O–H groups in total. The van der Waals surface area contributed by atoms with Crippen LogP contribution in [0.1, 0.15) is 23.1 Å². The Kier molecular flexibility index (Phi) is 8.26. The Morgan fingerprint density at radius 1 is 0.906 bits per heavy atom. The Morgan fingerprint density at radius 2 is 1.56 bits per heavy atom. The molecule has 3 aromatic carbocycles. The lowest BCUT2D eigenvalue weighted by Gasteiger charge is -2.18. The van der Waals surface area contributed by atoms with Gasteiger partial charge in [0.25, 0.3) is 0 Å². The summed E-state index contributed by atoms with van der Waals surface area (Å²) in [5.74, 6) is 0.618. The topological polar surface area (TPSA) is 70.7 Å². The van der Waals surface area contributed by atoms with Crippen LogP contribution in [0.25, 0.3) is 0 Å². The van der Waals surface area contributed by atoms with E-state index in [1.54, 1.807) is 19.1 Å². The minimum atomic E-state index is -0.212. The molecule has 3 amide bonds. The van der Waals surface area contributed by atoms with Crippen molar-refractivity contribution in [3.8, 4) is 5.75 Å². The predicted octanol–water partition coefficient (Wildman–Crippen LogP) is 4.46. The van der Waals surface area contributed by atoms with Crippen LogP contribution in [0.5, 0.6) is 5.75 Å². The van der Waals surface area contributed by atoms with Crippen molar-refractivity contribution >= 4 is 17.6 Å². The summed E-state index contributed by atoms with van der Waals surface area (Å²) in [6.45, 7) is 0.770. The van der Waals surface area contributed by atoms with Crippen molar-refractivity contribution in [1.29, 1.82) is 0 Å². The predicted molar refractivity (Wildman–Crippen MR) is 127 cm³/mol. The molecule has 166 valence electrons. The van der Waals surface area contributed by atoms with Crippen LogP contribution >= 0.6 is 0 Å². The largest absolute Gasteiger partial charge is 0.496 e. The van der Waals surface area contributed by atoms with Gasteiger partial charge in [-0.15, -0.1) is 0 Å². The number of hydrogen-bond acceptors (Lipinski definition) is 3. The van der Waals surface area contributed by atoms with Gasteiger partial charge >= 0.3 is 6.03 Å². The van der Waals surface area contributed by atoms with Gasteiger partial charge in [-0.2, -0.15) is 0 Å². The number of carbonyl (C=O) groups excluding carboxylic acids is 2. The Labute approximate surface area is 189 Å². The number of rotatable bonds is 9. The van der Waals surface area contributed by atoms with Gasteiger partial charge in [-0.3, -0.25) is 4.79 Å². The van der Waals surface area contributed by atoms with Gasteiger partial charge in [-0.05, 0) is 29.3 Å². The van der Waals surface area contributed by atoms with E-state index in [1.165, 1.54) is 0 Å². The van der Waals surface area contributed by atoms with Gasteiger partial charge in [0.2, 0.25) is 5.91 Å². The van der Waals surface area contributed by atoms with Crippen LogP contribution in [0.2, 0.25) is 0 Å².